The van der Waals surface area contributed by atoms with Crippen LogP contribution in [0.5, 0.6) is 0 Å². The fraction of sp³-hybridized carbons (Fsp3) is 0.600. The fourth-order valence-corrected chi connectivity index (χ4v) is 2.95. The van der Waals surface area contributed by atoms with Crippen molar-refractivity contribution in [3.05, 3.63) is 29.3 Å². The first-order valence-corrected chi connectivity index (χ1v) is 6.93. The van der Waals surface area contributed by atoms with E-state index in [-0.39, 0.29) is 0 Å². The quantitative estimate of drug-likeness (QED) is 0.840. The van der Waals surface area contributed by atoms with Gasteiger partial charge in [-0.25, -0.2) is 0 Å². The minimum Gasteiger partial charge on any atom is -0.396 e. The van der Waals surface area contributed by atoms with Gasteiger partial charge in [0.15, 0.2) is 0 Å². The predicted octanol–water partition coefficient (Wildman–Crippen LogP) is 2.20. The number of aryl methyl sites for hydroxylation is 1. The molecule has 3 nitrogen and oxygen atoms in total. The Labute approximate surface area is 110 Å². The minimum absolute atomic E-state index is 0.301. The van der Waals surface area contributed by atoms with Crippen LogP contribution in [0.3, 0.4) is 0 Å². The number of hydrogen-bond donors (Lipinski definition) is 2. The second kappa shape index (κ2) is 6.21. The Morgan fingerprint density at radius 2 is 2.28 bits per heavy atom. The third-order valence-corrected chi connectivity index (χ3v) is 3.88. The molecule has 100 valence electrons. The highest BCUT2D eigenvalue weighted by molar-refractivity contribution is 5.56. The van der Waals surface area contributed by atoms with E-state index in [9.17, 15) is 0 Å². The van der Waals surface area contributed by atoms with E-state index in [0.717, 1.165) is 19.4 Å². The number of benzene rings is 1. The molecule has 0 bridgehead atoms. The van der Waals surface area contributed by atoms with Gasteiger partial charge in [0.25, 0.3) is 0 Å². The molecule has 0 aromatic heterocycles. The van der Waals surface area contributed by atoms with E-state index in [4.69, 9.17) is 10.8 Å². The van der Waals surface area contributed by atoms with Crippen molar-refractivity contribution in [1.82, 2.24) is 0 Å². The van der Waals surface area contributed by atoms with Crippen LogP contribution in [0.25, 0.3) is 0 Å². The largest absolute Gasteiger partial charge is 0.396 e. The predicted molar refractivity (Wildman–Crippen MR) is 75.8 cm³/mol. The summed E-state index contributed by atoms with van der Waals surface area (Å²) in [4.78, 5) is 2.51. The topological polar surface area (TPSA) is 49.5 Å². The van der Waals surface area contributed by atoms with Gasteiger partial charge in [0, 0.05) is 31.4 Å². The van der Waals surface area contributed by atoms with Gasteiger partial charge in [-0.1, -0.05) is 12.1 Å². The summed E-state index contributed by atoms with van der Waals surface area (Å²) in [5.41, 5.74) is 9.52. The van der Waals surface area contributed by atoms with E-state index in [2.05, 4.69) is 30.0 Å². The number of rotatable bonds is 5. The summed E-state index contributed by atoms with van der Waals surface area (Å²) in [5, 5.41) is 8.97. The highest BCUT2D eigenvalue weighted by atomic mass is 16.2. The summed E-state index contributed by atoms with van der Waals surface area (Å²) >= 11 is 0. The van der Waals surface area contributed by atoms with Crippen LogP contribution in [-0.4, -0.2) is 24.3 Å². The first-order chi connectivity index (χ1) is 8.76. The zero-order chi connectivity index (χ0) is 13.0. The molecular weight excluding hydrogens is 224 g/mol. The molecule has 0 aliphatic carbocycles. The molecule has 0 saturated carbocycles. The first kappa shape index (κ1) is 13.4. The second-order valence-electron chi connectivity index (χ2n) is 5.18. The number of nitrogens with two attached hydrogens (primary N) is 1. The number of hydrogen-bond acceptors (Lipinski definition) is 3. The lowest BCUT2D eigenvalue weighted by Gasteiger charge is -2.28. The van der Waals surface area contributed by atoms with Crippen LogP contribution in [-0.2, 0) is 6.54 Å². The van der Waals surface area contributed by atoms with Crippen LogP contribution in [0, 0.1) is 6.92 Å². The van der Waals surface area contributed by atoms with Crippen LogP contribution >= 0.6 is 0 Å². The molecule has 1 saturated heterocycles. The molecule has 2 rings (SSSR count). The van der Waals surface area contributed by atoms with Crippen molar-refractivity contribution in [1.29, 1.82) is 0 Å². The van der Waals surface area contributed by atoms with Crippen molar-refractivity contribution in [2.45, 2.75) is 45.2 Å². The SMILES string of the molecule is Cc1cc(CN)ccc1N1CCCC1CCCO. The standard InChI is InChI=1S/C15H24N2O/c1-12-10-13(11-16)6-7-15(12)17-8-2-4-14(17)5-3-9-18/h6-7,10,14,18H,2-5,8-9,11,16H2,1H3. The van der Waals surface area contributed by atoms with E-state index in [1.165, 1.54) is 29.7 Å². The van der Waals surface area contributed by atoms with Crippen LogP contribution < -0.4 is 10.6 Å². The van der Waals surface area contributed by atoms with Gasteiger partial charge in [-0.15, -0.1) is 0 Å². The van der Waals surface area contributed by atoms with Crippen LogP contribution in [0.2, 0.25) is 0 Å². The molecule has 1 atom stereocenters. The molecule has 0 amide bonds. The molecule has 18 heavy (non-hydrogen) atoms. The Hall–Kier alpha value is -1.06. The van der Waals surface area contributed by atoms with Crippen LogP contribution in [0.15, 0.2) is 18.2 Å². The second-order valence-corrected chi connectivity index (χ2v) is 5.18. The van der Waals surface area contributed by atoms with E-state index >= 15 is 0 Å². The third-order valence-electron chi connectivity index (χ3n) is 3.88. The molecule has 1 aromatic rings. The molecule has 1 aliphatic heterocycles. The third kappa shape index (κ3) is 2.85. The Balaban J connectivity index is 2.14. The lowest BCUT2D eigenvalue weighted by molar-refractivity contribution is 0.279. The van der Waals surface area contributed by atoms with E-state index in [1.807, 2.05) is 0 Å². The molecule has 1 heterocycles. The van der Waals surface area contributed by atoms with Crippen molar-refractivity contribution in [2.75, 3.05) is 18.1 Å². The molecule has 0 spiro atoms. The van der Waals surface area contributed by atoms with E-state index in [1.54, 1.807) is 0 Å². The summed E-state index contributed by atoms with van der Waals surface area (Å²) in [6.45, 7) is 4.21. The normalized spacial score (nSPS) is 19.5. The molecule has 3 heteroatoms. The van der Waals surface area contributed by atoms with E-state index in [0.29, 0.717) is 19.2 Å². The monoisotopic (exact) mass is 248 g/mol. The lowest BCUT2D eigenvalue weighted by Crippen LogP contribution is -2.30. The van der Waals surface area contributed by atoms with Crippen molar-refractivity contribution < 1.29 is 5.11 Å². The van der Waals surface area contributed by atoms with Crippen molar-refractivity contribution in [3.8, 4) is 0 Å². The Morgan fingerprint density at radius 1 is 1.44 bits per heavy atom. The van der Waals surface area contributed by atoms with Gasteiger partial charge in [-0.05, 0) is 49.8 Å². The summed E-state index contributed by atoms with van der Waals surface area (Å²) in [7, 11) is 0. The molecule has 1 unspecified atom stereocenters. The average molecular weight is 248 g/mol. The maximum absolute atomic E-state index is 8.97. The number of anilines is 1. The van der Waals surface area contributed by atoms with Gasteiger partial charge in [0.1, 0.15) is 0 Å². The maximum Gasteiger partial charge on any atom is 0.0431 e. The van der Waals surface area contributed by atoms with Crippen molar-refractivity contribution >= 4 is 5.69 Å². The average Bonchev–Trinajstić information content (AvgIpc) is 2.84. The number of aliphatic hydroxyl groups excluding tert-OH is 1. The summed E-state index contributed by atoms with van der Waals surface area (Å²) in [6, 6.07) is 7.12. The summed E-state index contributed by atoms with van der Waals surface area (Å²) in [5.74, 6) is 0. The van der Waals surface area contributed by atoms with Crippen molar-refractivity contribution in [2.24, 2.45) is 5.73 Å². The molecule has 0 radical (unpaired) electrons. The zero-order valence-corrected chi connectivity index (χ0v) is 11.2. The summed E-state index contributed by atoms with van der Waals surface area (Å²) in [6.07, 6.45) is 4.50. The van der Waals surface area contributed by atoms with Gasteiger partial charge in [0.05, 0.1) is 0 Å². The molecule has 3 N–H and O–H groups in total. The van der Waals surface area contributed by atoms with Gasteiger partial charge >= 0.3 is 0 Å². The zero-order valence-electron chi connectivity index (χ0n) is 11.2. The van der Waals surface area contributed by atoms with Gasteiger partial charge in [-0.3, -0.25) is 0 Å². The molecule has 1 fully saturated rings. The summed E-state index contributed by atoms with van der Waals surface area (Å²) < 4.78 is 0. The Bertz CT molecular complexity index is 392. The minimum atomic E-state index is 0.301. The van der Waals surface area contributed by atoms with Crippen LogP contribution in [0.1, 0.15) is 36.8 Å². The number of aliphatic hydroxyl groups is 1. The molecule has 1 aliphatic rings. The van der Waals surface area contributed by atoms with E-state index < -0.39 is 0 Å². The highest BCUT2D eigenvalue weighted by Crippen LogP contribution is 2.30. The lowest BCUT2D eigenvalue weighted by atomic mass is 10.1. The smallest absolute Gasteiger partial charge is 0.0431 e. The van der Waals surface area contributed by atoms with Gasteiger partial charge in [-0.2, -0.15) is 0 Å². The number of nitrogens with zero attached hydrogens (tertiary/aromatic N) is 1. The Kier molecular flexibility index (Phi) is 4.61. The van der Waals surface area contributed by atoms with Crippen LogP contribution in [0.4, 0.5) is 5.69 Å². The highest BCUT2D eigenvalue weighted by Gasteiger charge is 2.25. The van der Waals surface area contributed by atoms with Crippen molar-refractivity contribution in [3.63, 3.8) is 0 Å². The Morgan fingerprint density at radius 3 is 2.94 bits per heavy atom. The maximum atomic E-state index is 8.97. The van der Waals surface area contributed by atoms with Gasteiger partial charge in [0.2, 0.25) is 0 Å². The molecule has 1 aromatic carbocycles. The molecular formula is C15H24N2O. The van der Waals surface area contributed by atoms with Gasteiger partial charge < -0.3 is 15.7 Å². The fourth-order valence-electron chi connectivity index (χ4n) is 2.95. The first-order valence-electron chi connectivity index (χ1n) is 6.93.